The van der Waals surface area contributed by atoms with Crippen molar-refractivity contribution in [1.29, 1.82) is 0 Å². The maximum atomic E-state index is 15.5. The molecule has 2 aromatic heterocycles. The Labute approximate surface area is 209 Å². The highest BCUT2D eigenvalue weighted by molar-refractivity contribution is 5.93. The molecule has 0 aliphatic carbocycles. The smallest absolute Gasteiger partial charge is 0.312 e. The average Bonchev–Trinajstić information content (AvgIpc) is 3.21. The fraction of sp³-hybridized carbons (Fsp3) is 0.481. The molecule has 1 fully saturated rings. The molecular weight excluding hydrogens is 463 g/mol. The maximum Gasteiger partial charge on any atom is 0.312 e. The predicted molar refractivity (Wildman–Crippen MR) is 131 cm³/mol. The summed E-state index contributed by atoms with van der Waals surface area (Å²) >= 11 is 0. The van der Waals surface area contributed by atoms with Crippen LogP contribution >= 0.6 is 0 Å². The zero-order valence-corrected chi connectivity index (χ0v) is 20.9. The van der Waals surface area contributed by atoms with Crippen molar-refractivity contribution in [2.75, 3.05) is 20.3 Å². The third-order valence-electron chi connectivity index (χ3n) is 7.28. The normalized spacial score (nSPS) is 19.9. The number of aryl methyl sites for hydroxylation is 1. The summed E-state index contributed by atoms with van der Waals surface area (Å²) in [5.74, 6) is -1.28. The topological polar surface area (TPSA) is 86.0 Å². The van der Waals surface area contributed by atoms with Gasteiger partial charge in [-0.1, -0.05) is 25.8 Å². The monoisotopic (exact) mass is 494 g/mol. The minimum absolute atomic E-state index is 0.0626. The molecule has 1 saturated heterocycles. The molecule has 3 aromatic rings. The lowest BCUT2D eigenvalue weighted by Gasteiger charge is -2.27. The van der Waals surface area contributed by atoms with E-state index in [1.165, 1.54) is 7.11 Å². The van der Waals surface area contributed by atoms with Gasteiger partial charge >= 0.3 is 5.97 Å². The molecule has 0 radical (unpaired) electrons. The number of ether oxygens (including phenoxy) is 2. The highest BCUT2D eigenvalue weighted by atomic mass is 19.1. The van der Waals surface area contributed by atoms with E-state index in [-0.39, 0.29) is 35.8 Å². The number of esters is 1. The van der Waals surface area contributed by atoms with Gasteiger partial charge in [-0.05, 0) is 50.3 Å². The lowest BCUT2D eigenvalue weighted by atomic mass is 9.95. The minimum atomic E-state index is -0.521. The fourth-order valence-corrected chi connectivity index (χ4v) is 5.19. The van der Waals surface area contributed by atoms with Crippen molar-refractivity contribution in [2.45, 2.75) is 58.4 Å². The number of benzene rings is 1. The van der Waals surface area contributed by atoms with Crippen molar-refractivity contribution < 1.29 is 23.5 Å². The van der Waals surface area contributed by atoms with Crippen LogP contribution in [0.5, 0.6) is 5.75 Å². The number of hydrogen-bond acceptors (Lipinski definition) is 6. The van der Waals surface area contributed by atoms with Crippen molar-refractivity contribution >= 4 is 17.5 Å². The second-order valence-electron chi connectivity index (χ2n) is 9.63. The molecule has 1 aromatic carbocycles. The van der Waals surface area contributed by atoms with Crippen molar-refractivity contribution in [3.05, 3.63) is 47.0 Å². The Bertz CT molecular complexity index is 1320. The second-order valence-corrected chi connectivity index (χ2v) is 9.63. The van der Waals surface area contributed by atoms with Gasteiger partial charge in [-0.15, -0.1) is 0 Å². The van der Waals surface area contributed by atoms with E-state index in [0.717, 1.165) is 37.9 Å². The SMILES string of the molecule is CCc1cc(C(=O)N2CCCCC[C@H]2C)nc2cc(-c3ccc4c(c3F)OC[C@@H](C(=O)OC)C4)nn12. The van der Waals surface area contributed by atoms with E-state index >= 15 is 4.39 Å². The molecular formula is C27H31FN4O4. The number of fused-ring (bicyclic) bond motifs is 2. The fourth-order valence-electron chi connectivity index (χ4n) is 5.19. The van der Waals surface area contributed by atoms with Gasteiger partial charge in [-0.3, -0.25) is 9.59 Å². The van der Waals surface area contributed by atoms with Crippen LogP contribution in [0.15, 0.2) is 24.3 Å². The number of carbonyl (C=O) groups excluding carboxylic acids is 2. The first-order valence-corrected chi connectivity index (χ1v) is 12.6. The Morgan fingerprint density at radius 3 is 2.83 bits per heavy atom. The first-order chi connectivity index (χ1) is 17.4. The summed E-state index contributed by atoms with van der Waals surface area (Å²) in [5, 5.41) is 4.62. The van der Waals surface area contributed by atoms with Crippen LogP contribution in [-0.2, 0) is 22.4 Å². The number of amides is 1. The molecule has 8 nitrogen and oxygen atoms in total. The van der Waals surface area contributed by atoms with Gasteiger partial charge in [0.25, 0.3) is 5.91 Å². The summed E-state index contributed by atoms with van der Waals surface area (Å²) < 4.78 is 27.6. The lowest BCUT2D eigenvalue weighted by Crippen LogP contribution is -2.38. The van der Waals surface area contributed by atoms with Crippen LogP contribution in [0.2, 0.25) is 0 Å². The molecule has 0 bridgehead atoms. The highest BCUT2D eigenvalue weighted by Crippen LogP contribution is 2.36. The first kappa shape index (κ1) is 24.2. The number of carbonyl (C=O) groups is 2. The van der Waals surface area contributed by atoms with Crippen molar-refractivity contribution in [3.8, 4) is 17.0 Å². The van der Waals surface area contributed by atoms with Gasteiger partial charge in [-0.2, -0.15) is 5.10 Å². The average molecular weight is 495 g/mol. The summed E-state index contributed by atoms with van der Waals surface area (Å²) in [4.78, 5) is 31.8. The number of methoxy groups -OCH3 is 1. The largest absolute Gasteiger partial charge is 0.489 e. The van der Waals surface area contributed by atoms with Gasteiger partial charge in [-0.25, -0.2) is 13.9 Å². The molecule has 0 unspecified atom stereocenters. The molecule has 1 amide bonds. The number of aromatic nitrogens is 3. The molecule has 0 N–H and O–H groups in total. The molecule has 5 rings (SSSR count). The molecule has 0 saturated carbocycles. The summed E-state index contributed by atoms with van der Waals surface area (Å²) in [7, 11) is 1.33. The van der Waals surface area contributed by atoms with Crippen LogP contribution in [0.4, 0.5) is 4.39 Å². The lowest BCUT2D eigenvalue weighted by molar-refractivity contribution is -0.146. The van der Waals surface area contributed by atoms with Crippen LogP contribution in [0.1, 0.15) is 61.3 Å². The third kappa shape index (κ3) is 4.31. The number of likely N-dealkylation sites (tertiary alicyclic amines) is 1. The zero-order valence-electron chi connectivity index (χ0n) is 20.9. The number of nitrogens with zero attached hydrogens (tertiary/aromatic N) is 4. The third-order valence-corrected chi connectivity index (χ3v) is 7.28. The van der Waals surface area contributed by atoms with Gasteiger partial charge in [0.15, 0.2) is 17.2 Å². The summed E-state index contributed by atoms with van der Waals surface area (Å²) in [6.45, 7) is 4.88. The van der Waals surface area contributed by atoms with Crippen LogP contribution in [0.3, 0.4) is 0 Å². The van der Waals surface area contributed by atoms with Crippen LogP contribution in [0, 0.1) is 11.7 Å². The van der Waals surface area contributed by atoms with Gasteiger partial charge in [0.05, 0.1) is 18.7 Å². The van der Waals surface area contributed by atoms with E-state index in [1.807, 2.05) is 11.8 Å². The van der Waals surface area contributed by atoms with Crippen LogP contribution < -0.4 is 4.74 Å². The highest BCUT2D eigenvalue weighted by Gasteiger charge is 2.30. The quantitative estimate of drug-likeness (QED) is 0.505. The number of rotatable bonds is 4. The molecule has 190 valence electrons. The standard InChI is InChI=1S/C27H31FN4O4/c1-4-19-13-22(26(33)31-11-7-5-6-8-16(31)2)29-23-14-21(30-32(19)23)20-10-9-17-12-18(27(34)35-3)15-36-25(17)24(20)28/h9-10,13-14,16,18H,4-8,11-12,15H2,1-3H3/t16-,18+/m1/s1. The molecule has 4 heterocycles. The Kier molecular flexibility index (Phi) is 6.64. The number of hydrogen-bond donors (Lipinski definition) is 0. The molecule has 2 aliphatic heterocycles. The molecule has 2 aliphatic rings. The van der Waals surface area contributed by atoms with Crippen LogP contribution in [0.25, 0.3) is 16.9 Å². The second kappa shape index (κ2) is 9.87. The van der Waals surface area contributed by atoms with E-state index in [2.05, 4.69) is 17.0 Å². The van der Waals surface area contributed by atoms with E-state index in [9.17, 15) is 9.59 Å². The first-order valence-electron chi connectivity index (χ1n) is 12.6. The summed E-state index contributed by atoms with van der Waals surface area (Å²) in [6, 6.07) is 7.08. The predicted octanol–water partition coefficient (Wildman–Crippen LogP) is 4.23. The Morgan fingerprint density at radius 1 is 1.22 bits per heavy atom. The van der Waals surface area contributed by atoms with Crippen LogP contribution in [-0.4, -0.2) is 57.7 Å². The maximum absolute atomic E-state index is 15.5. The van der Waals surface area contributed by atoms with Gasteiger partial charge in [0.1, 0.15) is 12.3 Å². The van der Waals surface area contributed by atoms with E-state index in [0.29, 0.717) is 35.4 Å². The number of halogens is 1. The minimum Gasteiger partial charge on any atom is -0.489 e. The van der Waals surface area contributed by atoms with Crippen molar-refractivity contribution in [2.24, 2.45) is 5.92 Å². The van der Waals surface area contributed by atoms with Crippen molar-refractivity contribution in [3.63, 3.8) is 0 Å². The molecule has 36 heavy (non-hydrogen) atoms. The van der Waals surface area contributed by atoms with E-state index in [4.69, 9.17) is 9.47 Å². The van der Waals surface area contributed by atoms with Gasteiger partial charge < -0.3 is 14.4 Å². The zero-order chi connectivity index (χ0) is 25.4. The van der Waals surface area contributed by atoms with Crippen molar-refractivity contribution in [1.82, 2.24) is 19.5 Å². The van der Waals surface area contributed by atoms with E-state index < -0.39 is 11.7 Å². The van der Waals surface area contributed by atoms with Gasteiger partial charge in [0.2, 0.25) is 0 Å². The van der Waals surface area contributed by atoms with Gasteiger partial charge in [0, 0.05) is 29.9 Å². The summed E-state index contributed by atoms with van der Waals surface area (Å²) in [5.41, 5.74) is 3.03. The van der Waals surface area contributed by atoms with E-state index in [1.54, 1.807) is 28.8 Å². The molecule has 0 spiro atoms. The molecule has 2 atom stereocenters. The Hall–Kier alpha value is -3.49. The Balaban J connectivity index is 1.50. The molecule has 9 heteroatoms. The Morgan fingerprint density at radius 2 is 2.06 bits per heavy atom. The summed E-state index contributed by atoms with van der Waals surface area (Å²) in [6.07, 6.45) is 5.24.